The van der Waals surface area contributed by atoms with Gasteiger partial charge < -0.3 is 11.1 Å². The molecule has 19 heavy (non-hydrogen) atoms. The number of rotatable bonds is 6. The zero-order valence-corrected chi connectivity index (χ0v) is 11.8. The average molecular weight is 269 g/mol. The molecule has 0 aliphatic carbocycles. The molecule has 0 aromatic rings. The fraction of sp³-hybridized carbons (Fsp3) is 0.769. The Labute approximate surface area is 113 Å². The molecule has 1 rings (SSSR count). The summed E-state index contributed by atoms with van der Waals surface area (Å²) in [6, 6.07) is -0.879. The summed E-state index contributed by atoms with van der Waals surface area (Å²) in [7, 11) is 0. The molecule has 6 heteroatoms. The van der Waals surface area contributed by atoms with Gasteiger partial charge in [-0.15, -0.1) is 0 Å². The molecule has 1 fully saturated rings. The van der Waals surface area contributed by atoms with Crippen LogP contribution >= 0.6 is 0 Å². The molecule has 1 aliphatic heterocycles. The molecule has 0 radical (unpaired) electrons. The SMILES string of the molecule is CCCNC(=O)C(CN)N1C(=O)CC(C(C)C)C1=O. The number of nitrogens with one attached hydrogen (secondary N) is 1. The van der Waals surface area contributed by atoms with E-state index in [1.807, 2.05) is 20.8 Å². The molecule has 0 saturated carbocycles. The highest BCUT2D eigenvalue weighted by atomic mass is 16.2. The number of hydrogen-bond acceptors (Lipinski definition) is 4. The molecule has 3 amide bonds. The van der Waals surface area contributed by atoms with E-state index < -0.39 is 6.04 Å². The van der Waals surface area contributed by atoms with Crippen molar-refractivity contribution >= 4 is 17.7 Å². The second-order valence-electron chi connectivity index (χ2n) is 5.20. The highest BCUT2D eigenvalue weighted by molar-refractivity contribution is 6.07. The van der Waals surface area contributed by atoms with Crippen LogP contribution < -0.4 is 11.1 Å². The molecule has 2 atom stereocenters. The Hall–Kier alpha value is -1.43. The van der Waals surface area contributed by atoms with Crippen LogP contribution in [0.25, 0.3) is 0 Å². The van der Waals surface area contributed by atoms with Crippen molar-refractivity contribution in [3.8, 4) is 0 Å². The Kier molecular flexibility index (Phi) is 5.47. The molecular weight excluding hydrogens is 246 g/mol. The van der Waals surface area contributed by atoms with Crippen LogP contribution in [0.4, 0.5) is 0 Å². The zero-order valence-electron chi connectivity index (χ0n) is 11.8. The van der Waals surface area contributed by atoms with E-state index in [9.17, 15) is 14.4 Å². The van der Waals surface area contributed by atoms with Gasteiger partial charge in [0.25, 0.3) is 0 Å². The lowest BCUT2D eigenvalue weighted by molar-refractivity contribution is -0.147. The number of nitrogens with two attached hydrogens (primary N) is 1. The van der Waals surface area contributed by atoms with Gasteiger partial charge in [-0.2, -0.15) is 0 Å². The van der Waals surface area contributed by atoms with Crippen LogP contribution in [0.3, 0.4) is 0 Å². The monoisotopic (exact) mass is 269 g/mol. The summed E-state index contributed by atoms with van der Waals surface area (Å²) in [6.07, 6.45) is 0.966. The molecule has 108 valence electrons. The van der Waals surface area contributed by atoms with Gasteiger partial charge >= 0.3 is 0 Å². The predicted octanol–water partition coefficient (Wildman–Crippen LogP) is -0.129. The zero-order chi connectivity index (χ0) is 14.6. The highest BCUT2D eigenvalue weighted by Crippen LogP contribution is 2.27. The van der Waals surface area contributed by atoms with E-state index in [1.165, 1.54) is 0 Å². The maximum atomic E-state index is 12.2. The Balaban J connectivity index is 2.83. The van der Waals surface area contributed by atoms with Crippen LogP contribution in [0.5, 0.6) is 0 Å². The van der Waals surface area contributed by atoms with Crippen molar-refractivity contribution in [1.29, 1.82) is 0 Å². The summed E-state index contributed by atoms with van der Waals surface area (Å²) < 4.78 is 0. The largest absolute Gasteiger partial charge is 0.354 e. The number of likely N-dealkylation sites (tertiary alicyclic amines) is 1. The van der Waals surface area contributed by atoms with E-state index in [4.69, 9.17) is 5.73 Å². The van der Waals surface area contributed by atoms with Gasteiger partial charge in [0.2, 0.25) is 17.7 Å². The fourth-order valence-corrected chi connectivity index (χ4v) is 2.22. The first-order chi connectivity index (χ1) is 8.93. The van der Waals surface area contributed by atoms with Crippen LogP contribution in [0, 0.1) is 11.8 Å². The lowest BCUT2D eigenvalue weighted by Gasteiger charge is -2.25. The highest BCUT2D eigenvalue weighted by Gasteiger charge is 2.45. The Morgan fingerprint density at radius 1 is 1.47 bits per heavy atom. The fourth-order valence-electron chi connectivity index (χ4n) is 2.22. The number of carbonyl (C=O) groups excluding carboxylic acids is 3. The van der Waals surface area contributed by atoms with Crippen molar-refractivity contribution in [2.45, 2.75) is 39.7 Å². The van der Waals surface area contributed by atoms with E-state index in [2.05, 4.69) is 5.32 Å². The number of carbonyl (C=O) groups is 3. The lowest BCUT2D eigenvalue weighted by atomic mass is 9.94. The van der Waals surface area contributed by atoms with Gasteiger partial charge in [-0.25, -0.2) is 0 Å². The van der Waals surface area contributed by atoms with Gasteiger partial charge in [0.1, 0.15) is 6.04 Å². The van der Waals surface area contributed by atoms with Gasteiger partial charge in [0.15, 0.2) is 0 Å². The van der Waals surface area contributed by atoms with Crippen LogP contribution in [-0.4, -0.2) is 41.8 Å². The Bertz CT molecular complexity index is 368. The molecule has 0 bridgehead atoms. The molecule has 0 spiro atoms. The topological polar surface area (TPSA) is 92.5 Å². The maximum Gasteiger partial charge on any atom is 0.244 e. The number of hydrogen-bond donors (Lipinski definition) is 2. The summed E-state index contributed by atoms with van der Waals surface area (Å²) >= 11 is 0. The first-order valence-corrected chi connectivity index (χ1v) is 6.77. The quantitative estimate of drug-likeness (QED) is 0.657. The van der Waals surface area contributed by atoms with Crippen LogP contribution in [0.1, 0.15) is 33.6 Å². The molecule has 0 aromatic carbocycles. The standard InChI is InChI=1S/C13H23N3O3/c1-4-5-15-12(18)10(7-14)16-11(17)6-9(8(2)3)13(16)19/h8-10H,4-7,14H2,1-3H3,(H,15,18). The minimum atomic E-state index is -0.879. The molecule has 6 nitrogen and oxygen atoms in total. The third kappa shape index (κ3) is 3.32. The molecule has 1 heterocycles. The predicted molar refractivity (Wildman–Crippen MR) is 70.9 cm³/mol. The minimum Gasteiger partial charge on any atom is -0.354 e. The summed E-state index contributed by atoms with van der Waals surface area (Å²) in [4.78, 5) is 37.2. The second-order valence-corrected chi connectivity index (χ2v) is 5.20. The van der Waals surface area contributed by atoms with Crippen LogP contribution in [0.15, 0.2) is 0 Å². The second kappa shape index (κ2) is 6.65. The molecule has 3 N–H and O–H groups in total. The van der Waals surface area contributed by atoms with Gasteiger partial charge in [-0.3, -0.25) is 19.3 Å². The molecule has 2 unspecified atom stereocenters. The van der Waals surface area contributed by atoms with Gasteiger partial charge in [-0.05, 0) is 12.3 Å². The first-order valence-electron chi connectivity index (χ1n) is 6.77. The van der Waals surface area contributed by atoms with E-state index >= 15 is 0 Å². The number of amides is 3. The molecule has 1 aliphatic rings. The first kappa shape index (κ1) is 15.6. The van der Waals surface area contributed by atoms with Crippen molar-refractivity contribution in [2.24, 2.45) is 17.6 Å². The van der Waals surface area contributed by atoms with E-state index in [0.717, 1.165) is 11.3 Å². The van der Waals surface area contributed by atoms with E-state index in [1.54, 1.807) is 0 Å². The lowest BCUT2D eigenvalue weighted by Crippen LogP contribution is -2.53. The van der Waals surface area contributed by atoms with Crippen molar-refractivity contribution in [2.75, 3.05) is 13.1 Å². The Morgan fingerprint density at radius 3 is 2.53 bits per heavy atom. The van der Waals surface area contributed by atoms with Crippen molar-refractivity contribution in [1.82, 2.24) is 10.2 Å². The van der Waals surface area contributed by atoms with Crippen LogP contribution in [0.2, 0.25) is 0 Å². The minimum absolute atomic E-state index is 0.0438. The van der Waals surface area contributed by atoms with Crippen molar-refractivity contribution in [3.05, 3.63) is 0 Å². The summed E-state index contributed by atoms with van der Waals surface area (Å²) in [5, 5.41) is 2.68. The van der Waals surface area contributed by atoms with Crippen molar-refractivity contribution in [3.63, 3.8) is 0 Å². The van der Waals surface area contributed by atoms with E-state index in [0.29, 0.717) is 6.54 Å². The average Bonchev–Trinajstić information content (AvgIpc) is 2.65. The molecule has 0 aromatic heterocycles. The number of nitrogens with zero attached hydrogens (tertiary/aromatic N) is 1. The summed E-state index contributed by atoms with van der Waals surface area (Å²) in [6.45, 7) is 6.19. The maximum absolute atomic E-state index is 12.2. The molecular formula is C13H23N3O3. The van der Waals surface area contributed by atoms with Crippen molar-refractivity contribution < 1.29 is 14.4 Å². The third-order valence-corrected chi connectivity index (χ3v) is 3.41. The van der Waals surface area contributed by atoms with Gasteiger partial charge in [0.05, 0.1) is 0 Å². The summed E-state index contributed by atoms with van der Waals surface area (Å²) in [5.41, 5.74) is 5.56. The van der Waals surface area contributed by atoms with Crippen LogP contribution in [-0.2, 0) is 14.4 Å². The Morgan fingerprint density at radius 2 is 2.11 bits per heavy atom. The van der Waals surface area contributed by atoms with Gasteiger partial charge in [-0.1, -0.05) is 20.8 Å². The molecule has 1 saturated heterocycles. The summed E-state index contributed by atoms with van der Waals surface area (Å²) in [5.74, 6) is -1.18. The third-order valence-electron chi connectivity index (χ3n) is 3.41. The van der Waals surface area contributed by atoms with Gasteiger partial charge in [0, 0.05) is 25.4 Å². The smallest absolute Gasteiger partial charge is 0.244 e. The normalized spacial score (nSPS) is 21.1. The van der Waals surface area contributed by atoms with E-state index in [-0.39, 0.29) is 42.5 Å². The number of imide groups is 1.